The predicted molar refractivity (Wildman–Crippen MR) is 99.1 cm³/mol. The molecule has 0 aromatic heterocycles. The molecule has 0 aromatic rings. The van der Waals surface area contributed by atoms with Crippen molar-refractivity contribution in [1.29, 1.82) is 0 Å². The number of ether oxygens (including phenoxy) is 4. The Labute approximate surface area is 174 Å². The summed E-state index contributed by atoms with van der Waals surface area (Å²) in [5.74, 6) is -9.95. The summed E-state index contributed by atoms with van der Waals surface area (Å²) in [4.78, 5) is 49.3. The number of aliphatic hydroxyl groups is 2. The lowest BCUT2D eigenvalue weighted by molar-refractivity contribution is -0.460. The average molecular weight is 430 g/mol. The van der Waals surface area contributed by atoms with Crippen LogP contribution in [0.3, 0.4) is 0 Å². The van der Waals surface area contributed by atoms with Gasteiger partial charge in [-0.3, -0.25) is 19.2 Å². The summed E-state index contributed by atoms with van der Waals surface area (Å²) < 4.78 is 20.7. The lowest BCUT2D eigenvalue weighted by Gasteiger charge is -2.44. The van der Waals surface area contributed by atoms with Gasteiger partial charge in [0.1, 0.15) is 0 Å². The van der Waals surface area contributed by atoms with Gasteiger partial charge in [-0.1, -0.05) is 19.8 Å². The van der Waals surface area contributed by atoms with Crippen molar-refractivity contribution in [2.24, 2.45) is 0 Å². The van der Waals surface area contributed by atoms with Crippen LogP contribution >= 0.6 is 0 Å². The zero-order valence-electron chi connectivity index (χ0n) is 17.2. The van der Waals surface area contributed by atoms with E-state index in [1.807, 2.05) is 6.92 Å². The molecule has 2 unspecified atom stereocenters. The summed E-state index contributed by atoms with van der Waals surface area (Å²) >= 11 is 0. The van der Waals surface area contributed by atoms with Gasteiger partial charge in [0.2, 0.25) is 0 Å². The Morgan fingerprint density at radius 1 is 0.767 bits per heavy atom. The van der Waals surface area contributed by atoms with Crippen molar-refractivity contribution in [2.75, 3.05) is 0 Å². The number of cyclic esters (lactones) is 2. The Morgan fingerprint density at radius 2 is 1.23 bits per heavy atom. The standard InChI is InChI=1S/C20H30O10/c1-2-3-4-9-14-19(28-16(22)11-6-5-10-15(21)27-14)20(25,26)30-18(24)13-8-7-12-17(23)29-19/h14,25-26H,2-13H2,1H3. The molecule has 2 aliphatic rings. The Hall–Kier alpha value is -2.20. The normalized spacial score (nSPS) is 28.7. The quantitative estimate of drug-likeness (QED) is 0.292. The van der Waals surface area contributed by atoms with Crippen LogP contribution in [-0.2, 0) is 38.1 Å². The van der Waals surface area contributed by atoms with E-state index in [4.69, 9.17) is 18.9 Å². The molecule has 0 aliphatic carbocycles. The summed E-state index contributed by atoms with van der Waals surface area (Å²) in [5, 5.41) is 21.5. The molecule has 10 heteroatoms. The van der Waals surface area contributed by atoms with E-state index >= 15 is 0 Å². The molecule has 2 atom stereocenters. The molecular weight excluding hydrogens is 400 g/mol. The maximum atomic E-state index is 12.4. The largest absolute Gasteiger partial charge is 0.454 e. The molecule has 1 spiro atoms. The molecule has 170 valence electrons. The van der Waals surface area contributed by atoms with E-state index in [0.29, 0.717) is 19.3 Å². The van der Waals surface area contributed by atoms with E-state index in [2.05, 4.69) is 0 Å². The highest BCUT2D eigenvalue weighted by Crippen LogP contribution is 2.38. The lowest BCUT2D eigenvalue weighted by atomic mass is 9.98. The van der Waals surface area contributed by atoms with Crippen LogP contribution in [-0.4, -0.2) is 52.0 Å². The Balaban J connectivity index is 2.55. The van der Waals surface area contributed by atoms with Gasteiger partial charge in [0.15, 0.2) is 6.10 Å². The van der Waals surface area contributed by atoms with Crippen molar-refractivity contribution in [3.05, 3.63) is 0 Å². The van der Waals surface area contributed by atoms with Gasteiger partial charge < -0.3 is 29.2 Å². The molecule has 0 radical (unpaired) electrons. The van der Waals surface area contributed by atoms with E-state index in [9.17, 15) is 29.4 Å². The van der Waals surface area contributed by atoms with Crippen molar-refractivity contribution in [1.82, 2.24) is 0 Å². The molecule has 0 aromatic carbocycles. The van der Waals surface area contributed by atoms with Gasteiger partial charge in [0.25, 0.3) is 0 Å². The highest BCUT2D eigenvalue weighted by Gasteiger charge is 2.67. The number of hydrogen-bond acceptors (Lipinski definition) is 10. The van der Waals surface area contributed by atoms with Crippen molar-refractivity contribution in [3.8, 4) is 0 Å². The fourth-order valence-corrected chi connectivity index (χ4v) is 3.42. The monoisotopic (exact) mass is 430 g/mol. The third-order valence-corrected chi connectivity index (χ3v) is 5.03. The van der Waals surface area contributed by atoms with Crippen molar-refractivity contribution in [3.63, 3.8) is 0 Å². The first-order valence-corrected chi connectivity index (χ1v) is 10.5. The fourth-order valence-electron chi connectivity index (χ4n) is 3.42. The molecule has 2 aliphatic heterocycles. The Bertz CT molecular complexity index is 623. The summed E-state index contributed by atoms with van der Waals surface area (Å²) in [6.07, 6.45) is 1.04. The minimum Gasteiger partial charge on any atom is -0.454 e. The molecular formula is C20H30O10. The molecule has 0 saturated carbocycles. The number of rotatable bonds is 4. The molecule has 30 heavy (non-hydrogen) atoms. The van der Waals surface area contributed by atoms with E-state index in [1.165, 1.54) is 0 Å². The second-order valence-electron chi connectivity index (χ2n) is 7.59. The molecule has 2 rings (SSSR count). The third-order valence-electron chi connectivity index (χ3n) is 5.03. The molecule has 2 fully saturated rings. The second-order valence-corrected chi connectivity index (χ2v) is 7.59. The first-order chi connectivity index (χ1) is 14.2. The second kappa shape index (κ2) is 10.7. The first-order valence-electron chi connectivity index (χ1n) is 10.5. The maximum Gasteiger partial charge on any atom is 0.410 e. The van der Waals surface area contributed by atoms with E-state index in [-0.39, 0.29) is 51.4 Å². The van der Waals surface area contributed by atoms with Crippen LogP contribution in [0.2, 0.25) is 0 Å². The minimum absolute atomic E-state index is 0.00870. The van der Waals surface area contributed by atoms with E-state index in [0.717, 1.165) is 6.42 Å². The van der Waals surface area contributed by atoms with Crippen molar-refractivity contribution in [2.45, 2.75) is 102 Å². The average Bonchev–Trinajstić information content (AvgIpc) is 2.66. The van der Waals surface area contributed by atoms with Gasteiger partial charge >= 0.3 is 35.6 Å². The van der Waals surface area contributed by atoms with Crippen LogP contribution in [0.15, 0.2) is 0 Å². The SMILES string of the molecule is CCCCCC1OC(=O)CCCCC(=O)OC12OC(=O)CCCCC(=O)OC2(O)O. The maximum absolute atomic E-state index is 12.4. The summed E-state index contributed by atoms with van der Waals surface area (Å²) in [5.41, 5.74) is 0. The number of esters is 4. The molecule has 0 amide bonds. The number of hydrogen-bond donors (Lipinski definition) is 2. The summed E-state index contributed by atoms with van der Waals surface area (Å²) in [6.45, 7) is 1.93. The fraction of sp³-hybridized carbons (Fsp3) is 0.800. The molecule has 2 heterocycles. The highest BCUT2D eigenvalue weighted by molar-refractivity contribution is 5.75. The zero-order chi connectivity index (χ0) is 22.2. The number of carbonyl (C=O) groups excluding carboxylic acids is 4. The smallest absolute Gasteiger partial charge is 0.410 e. The van der Waals surface area contributed by atoms with Gasteiger partial charge in [-0.2, -0.15) is 0 Å². The predicted octanol–water partition coefficient (Wildman–Crippen LogP) is 1.59. The number of unbranched alkanes of at least 4 members (excludes halogenated alkanes) is 2. The van der Waals surface area contributed by atoms with E-state index in [1.54, 1.807) is 0 Å². The van der Waals surface area contributed by atoms with Crippen molar-refractivity contribution >= 4 is 23.9 Å². The van der Waals surface area contributed by atoms with Crippen LogP contribution < -0.4 is 0 Å². The van der Waals surface area contributed by atoms with Gasteiger partial charge in [0.05, 0.1) is 0 Å². The molecule has 2 saturated heterocycles. The highest BCUT2D eigenvalue weighted by atomic mass is 16.9. The molecule has 2 N–H and O–H groups in total. The third kappa shape index (κ3) is 6.15. The first kappa shape index (κ1) is 24.1. The minimum atomic E-state index is -3.55. The van der Waals surface area contributed by atoms with Gasteiger partial charge in [-0.25, -0.2) is 0 Å². The topological polar surface area (TPSA) is 146 Å². The Morgan fingerprint density at radius 3 is 1.73 bits per heavy atom. The molecule has 0 bridgehead atoms. The Kier molecular flexibility index (Phi) is 8.60. The van der Waals surface area contributed by atoms with Crippen LogP contribution in [0.4, 0.5) is 0 Å². The summed E-state index contributed by atoms with van der Waals surface area (Å²) in [6, 6.07) is 0. The van der Waals surface area contributed by atoms with Crippen molar-refractivity contribution < 1.29 is 48.3 Å². The van der Waals surface area contributed by atoms with Crippen LogP contribution in [0, 0.1) is 0 Å². The lowest BCUT2D eigenvalue weighted by Crippen LogP contribution is -2.68. The molecule has 10 nitrogen and oxygen atoms in total. The van der Waals surface area contributed by atoms with Gasteiger partial charge in [-0.05, 0) is 38.5 Å². The van der Waals surface area contributed by atoms with E-state index < -0.39 is 41.7 Å². The number of carbonyl (C=O) groups is 4. The van der Waals surface area contributed by atoms with Crippen LogP contribution in [0.1, 0.15) is 84.0 Å². The zero-order valence-corrected chi connectivity index (χ0v) is 17.2. The van der Waals surface area contributed by atoms with Gasteiger partial charge in [-0.15, -0.1) is 0 Å². The van der Waals surface area contributed by atoms with Gasteiger partial charge in [0, 0.05) is 25.7 Å². The van der Waals surface area contributed by atoms with Crippen LogP contribution in [0.25, 0.3) is 0 Å². The summed E-state index contributed by atoms with van der Waals surface area (Å²) in [7, 11) is 0. The van der Waals surface area contributed by atoms with Crippen LogP contribution in [0.5, 0.6) is 0 Å².